The Bertz CT molecular complexity index is 790. The van der Waals surface area contributed by atoms with E-state index in [2.05, 4.69) is 0 Å². The minimum atomic E-state index is -4.52. The van der Waals surface area contributed by atoms with Gasteiger partial charge in [-0.15, -0.1) is 4.28 Å². The van der Waals surface area contributed by atoms with Gasteiger partial charge in [-0.25, -0.2) is 8.98 Å². The van der Waals surface area contributed by atoms with Crippen LogP contribution in [-0.4, -0.2) is 68.1 Å². The van der Waals surface area contributed by atoms with Crippen LogP contribution in [-0.2, 0) is 33.2 Å². The molecule has 2 rings (SSSR count). The van der Waals surface area contributed by atoms with Gasteiger partial charge in [0.25, 0.3) is 0 Å². The molecule has 0 aromatic carbocycles. The first-order valence-corrected chi connectivity index (χ1v) is 11.1. The van der Waals surface area contributed by atoms with Crippen LogP contribution < -0.4 is 5.73 Å². The SMILES string of the molecule is CC(C)(CCOC(=O)C(C)(C)C)COS(=O)(=O)ON1C(=O)N2C[C@H]1CC[C@H]2C(N)=O. The number of carbonyl (C=O) groups excluding carboxylic acids is 3. The molecule has 0 aromatic rings. The van der Waals surface area contributed by atoms with E-state index in [4.69, 9.17) is 18.9 Å². The fraction of sp³-hybridized carbons (Fsp3) is 0.833. The molecule has 2 aliphatic rings. The number of nitrogens with two attached hydrogens (primary N) is 1. The normalized spacial score (nSPS) is 22.4. The largest absolute Gasteiger partial charge is 0.465 e. The van der Waals surface area contributed by atoms with Crippen molar-refractivity contribution < 1.29 is 36.0 Å². The van der Waals surface area contributed by atoms with Crippen molar-refractivity contribution in [2.45, 2.75) is 66.0 Å². The van der Waals surface area contributed by atoms with Crippen LogP contribution in [0.5, 0.6) is 0 Å². The third-order valence-corrected chi connectivity index (χ3v) is 5.79. The standard InChI is InChI=1S/C18H31N3O8S/c1-17(2,3)15(23)27-9-8-18(4,5)11-28-30(25,26)29-21-12-6-7-13(14(19)22)20(10-12)16(21)24/h12-13H,6-11H2,1-5H3,(H2,19,22)/t12-,13+/m1/s1. The highest BCUT2D eigenvalue weighted by Gasteiger charge is 2.49. The summed E-state index contributed by atoms with van der Waals surface area (Å²) in [4.78, 5) is 36.9. The Kier molecular flexibility index (Phi) is 7.04. The van der Waals surface area contributed by atoms with E-state index >= 15 is 0 Å². The molecule has 3 amide bonds. The Morgan fingerprint density at radius 2 is 1.80 bits per heavy atom. The fourth-order valence-corrected chi connectivity index (χ4v) is 3.97. The summed E-state index contributed by atoms with van der Waals surface area (Å²) >= 11 is 0. The molecule has 2 bridgehead atoms. The van der Waals surface area contributed by atoms with Gasteiger partial charge >= 0.3 is 22.4 Å². The molecule has 2 aliphatic heterocycles. The van der Waals surface area contributed by atoms with Crippen LogP contribution in [0.4, 0.5) is 4.79 Å². The molecule has 0 aromatic heterocycles. The fourth-order valence-electron chi connectivity index (χ4n) is 3.09. The Hall–Kier alpha value is -1.92. The van der Waals surface area contributed by atoms with Crippen LogP contribution in [0, 0.1) is 10.8 Å². The number of nitrogens with zero attached hydrogens (tertiary/aromatic N) is 2. The summed E-state index contributed by atoms with van der Waals surface area (Å²) < 4.78 is 39.6. The Labute approximate surface area is 177 Å². The minimum Gasteiger partial charge on any atom is -0.465 e. The predicted octanol–water partition coefficient (Wildman–Crippen LogP) is 0.939. The summed E-state index contributed by atoms with van der Waals surface area (Å²) in [6, 6.07) is -2.01. The van der Waals surface area contributed by atoms with E-state index in [9.17, 15) is 22.8 Å². The highest BCUT2D eigenvalue weighted by atomic mass is 32.3. The minimum absolute atomic E-state index is 0.115. The third-order valence-electron chi connectivity index (χ3n) is 5.04. The zero-order valence-corrected chi connectivity index (χ0v) is 18.9. The summed E-state index contributed by atoms with van der Waals surface area (Å²) in [7, 11) is -4.52. The van der Waals surface area contributed by atoms with Gasteiger partial charge in [-0.2, -0.15) is 13.5 Å². The molecule has 2 fully saturated rings. The second-order valence-electron chi connectivity index (χ2n) is 9.46. The van der Waals surface area contributed by atoms with Crippen LogP contribution in [0.15, 0.2) is 0 Å². The first kappa shape index (κ1) is 24.4. The number of urea groups is 1. The van der Waals surface area contributed by atoms with Crippen molar-refractivity contribution in [3.63, 3.8) is 0 Å². The molecule has 2 heterocycles. The first-order chi connectivity index (χ1) is 13.6. The zero-order valence-electron chi connectivity index (χ0n) is 18.0. The maximum absolute atomic E-state index is 12.4. The average molecular weight is 450 g/mol. The molecule has 12 heteroatoms. The number of amides is 3. The van der Waals surface area contributed by atoms with Crippen molar-refractivity contribution in [3.8, 4) is 0 Å². The van der Waals surface area contributed by atoms with Crippen LogP contribution in [0.25, 0.3) is 0 Å². The average Bonchev–Trinajstić information content (AvgIpc) is 2.83. The van der Waals surface area contributed by atoms with Crippen LogP contribution in [0.3, 0.4) is 0 Å². The van der Waals surface area contributed by atoms with Crippen LogP contribution in [0.1, 0.15) is 53.9 Å². The molecule has 0 spiro atoms. The molecule has 2 N–H and O–H groups in total. The van der Waals surface area contributed by atoms with Gasteiger partial charge in [-0.1, -0.05) is 13.8 Å². The lowest BCUT2D eigenvalue weighted by atomic mass is 9.91. The first-order valence-electron chi connectivity index (χ1n) is 9.78. The van der Waals surface area contributed by atoms with Crippen LogP contribution >= 0.6 is 0 Å². The monoisotopic (exact) mass is 449 g/mol. The number of ether oxygens (including phenoxy) is 1. The molecule has 172 valence electrons. The van der Waals surface area contributed by atoms with E-state index in [1.54, 1.807) is 34.6 Å². The van der Waals surface area contributed by atoms with E-state index in [1.807, 2.05) is 0 Å². The quantitative estimate of drug-likeness (QED) is 0.512. The van der Waals surface area contributed by atoms with Gasteiger partial charge in [0, 0.05) is 6.54 Å². The Morgan fingerprint density at radius 1 is 1.17 bits per heavy atom. The number of hydrogen-bond acceptors (Lipinski definition) is 8. The third kappa shape index (κ3) is 6.05. The van der Waals surface area contributed by atoms with Gasteiger partial charge in [0.15, 0.2) is 0 Å². The second-order valence-corrected chi connectivity index (χ2v) is 10.7. The maximum atomic E-state index is 12.4. The summed E-state index contributed by atoms with van der Waals surface area (Å²) in [6.45, 7) is 8.77. The number of carbonyl (C=O) groups is 3. The highest BCUT2D eigenvalue weighted by molar-refractivity contribution is 7.81. The molecular weight excluding hydrogens is 418 g/mol. The molecular formula is C18H31N3O8S. The van der Waals surface area contributed by atoms with Crippen molar-refractivity contribution in [3.05, 3.63) is 0 Å². The van der Waals surface area contributed by atoms with Gasteiger partial charge in [0.2, 0.25) is 5.91 Å². The molecule has 2 atom stereocenters. The van der Waals surface area contributed by atoms with E-state index in [0.29, 0.717) is 19.3 Å². The van der Waals surface area contributed by atoms with E-state index in [1.165, 1.54) is 4.90 Å². The van der Waals surface area contributed by atoms with Gasteiger partial charge < -0.3 is 15.4 Å². The van der Waals surface area contributed by atoms with E-state index in [-0.39, 0.29) is 25.7 Å². The van der Waals surface area contributed by atoms with Gasteiger partial charge in [0.1, 0.15) is 6.04 Å². The molecule has 0 saturated carbocycles. The van der Waals surface area contributed by atoms with Gasteiger partial charge in [-0.3, -0.25) is 9.59 Å². The topological polar surface area (TPSA) is 146 Å². The van der Waals surface area contributed by atoms with Crippen molar-refractivity contribution in [1.82, 2.24) is 9.96 Å². The van der Waals surface area contributed by atoms with E-state index < -0.39 is 45.3 Å². The smallest absolute Gasteiger partial charge is 0.421 e. The predicted molar refractivity (Wildman–Crippen MR) is 105 cm³/mol. The summed E-state index contributed by atoms with van der Waals surface area (Å²) in [6.07, 6.45) is 1.09. The second kappa shape index (κ2) is 8.67. The lowest BCUT2D eigenvalue weighted by Crippen LogP contribution is -2.47. The number of esters is 1. The molecule has 11 nitrogen and oxygen atoms in total. The number of hydrogen-bond donors (Lipinski definition) is 1. The highest BCUT2D eigenvalue weighted by Crippen LogP contribution is 2.31. The maximum Gasteiger partial charge on any atom is 0.421 e. The molecule has 0 radical (unpaired) electrons. The lowest BCUT2D eigenvalue weighted by molar-refractivity contribution is -0.153. The molecule has 0 unspecified atom stereocenters. The number of piperidine rings is 1. The molecule has 0 aliphatic carbocycles. The van der Waals surface area contributed by atoms with Crippen molar-refractivity contribution >= 4 is 28.3 Å². The number of hydroxylamine groups is 2. The van der Waals surface area contributed by atoms with Gasteiger partial charge in [0.05, 0.1) is 24.7 Å². The summed E-state index contributed by atoms with van der Waals surface area (Å²) in [5, 5.41) is 0.733. The summed E-state index contributed by atoms with van der Waals surface area (Å²) in [5.41, 5.74) is 4.04. The van der Waals surface area contributed by atoms with Crippen molar-refractivity contribution in [2.24, 2.45) is 16.6 Å². The number of rotatable bonds is 9. The number of fused-ring (bicyclic) bond motifs is 2. The molecule has 2 saturated heterocycles. The molecule has 30 heavy (non-hydrogen) atoms. The van der Waals surface area contributed by atoms with Gasteiger partial charge in [-0.05, 0) is 45.4 Å². The summed E-state index contributed by atoms with van der Waals surface area (Å²) in [5.74, 6) is -0.991. The van der Waals surface area contributed by atoms with Crippen molar-refractivity contribution in [2.75, 3.05) is 19.8 Å². The Balaban J connectivity index is 1.87. The van der Waals surface area contributed by atoms with Crippen molar-refractivity contribution in [1.29, 1.82) is 0 Å². The zero-order chi connectivity index (χ0) is 22.9. The Morgan fingerprint density at radius 3 is 2.37 bits per heavy atom. The lowest BCUT2D eigenvalue weighted by Gasteiger charge is -2.27. The van der Waals surface area contributed by atoms with Crippen LogP contribution in [0.2, 0.25) is 0 Å². The van der Waals surface area contributed by atoms with E-state index in [0.717, 1.165) is 5.06 Å². The number of primary amides is 1.